The first-order valence-electron chi connectivity index (χ1n) is 7.83. The number of carboxylic acid groups (broad SMARTS) is 1. The molecule has 0 fully saturated rings. The molecule has 0 saturated carbocycles. The number of nitrogens with one attached hydrogen (secondary N) is 1. The lowest BCUT2D eigenvalue weighted by molar-refractivity contribution is -0.147. The molecule has 23 heavy (non-hydrogen) atoms. The van der Waals surface area contributed by atoms with E-state index >= 15 is 0 Å². The van der Waals surface area contributed by atoms with Crippen molar-refractivity contribution in [2.45, 2.75) is 54.4 Å². The van der Waals surface area contributed by atoms with Crippen LogP contribution < -0.4 is 5.32 Å². The predicted octanol–water partition coefficient (Wildman–Crippen LogP) is 2.78. The summed E-state index contributed by atoms with van der Waals surface area (Å²) in [5.41, 5.74) is -0.178. The molecular weight excluding hydrogens is 298 g/mol. The Morgan fingerprint density at radius 2 is 1.78 bits per heavy atom. The summed E-state index contributed by atoms with van der Waals surface area (Å²) in [4.78, 5) is 32.5. The van der Waals surface area contributed by atoms with Gasteiger partial charge in [-0.1, -0.05) is 27.4 Å². The summed E-state index contributed by atoms with van der Waals surface area (Å²) in [5, 5.41) is 11.1. The van der Waals surface area contributed by atoms with Crippen molar-refractivity contribution in [3.05, 3.63) is 12.2 Å². The third-order valence-electron chi connectivity index (χ3n) is 3.51. The largest absolute Gasteiger partial charge is 0.481 e. The van der Waals surface area contributed by atoms with Crippen LogP contribution in [0, 0.1) is 11.3 Å². The van der Waals surface area contributed by atoms with Crippen LogP contribution in [0.4, 0.5) is 0 Å². The van der Waals surface area contributed by atoms with Gasteiger partial charge in [0, 0.05) is 11.5 Å². The number of carbonyl (C=O) groups is 3. The van der Waals surface area contributed by atoms with Crippen LogP contribution in [0.5, 0.6) is 0 Å². The molecular formula is C17H31NO5. The molecule has 0 rings (SSSR count). The second kappa shape index (κ2) is 11.7. The van der Waals surface area contributed by atoms with Gasteiger partial charge in [0.05, 0.1) is 12.0 Å². The average molecular weight is 329 g/mol. The SMILES string of the molecule is C=C(C)C(=O)OCCNC(=O)C(C)CC.CCC(C)(C)C(=O)O. The van der Waals surface area contributed by atoms with Crippen molar-refractivity contribution in [1.29, 1.82) is 0 Å². The highest BCUT2D eigenvalue weighted by atomic mass is 16.5. The molecule has 0 aromatic carbocycles. The van der Waals surface area contributed by atoms with Crippen LogP contribution in [0.1, 0.15) is 54.4 Å². The topological polar surface area (TPSA) is 92.7 Å². The van der Waals surface area contributed by atoms with Gasteiger partial charge in [0.1, 0.15) is 6.61 Å². The number of carbonyl (C=O) groups excluding carboxylic acids is 2. The molecule has 0 bridgehead atoms. The molecule has 6 heteroatoms. The number of hydrogen-bond acceptors (Lipinski definition) is 4. The molecule has 0 aliphatic carbocycles. The maximum Gasteiger partial charge on any atom is 0.333 e. The van der Waals surface area contributed by atoms with Crippen molar-refractivity contribution < 1.29 is 24.2 Å². The maximum absolute atomic E-state index is 11.3. The fourth-order valence-corrected chi connectivity index (χ4v) is 0.952. The lowest BCUT2D eigenvalue weighted by atomic mass is 9.91. The molecule has 2 N–H and O–H groups in total. The van der Waals surface area contributed by atoms with Gasteiger partial charge in [-0.2, -0.15) is 0 Å². The van der Waals surface area contributed by atoms with E-state index < -0.39 is 17.4 Å². The van der Waals surface area contributed by atoms with Crippen molar-refractivity contribution >= 4 is 17.8 Å². The average Bonchev–Trinajstić information content (AvgIpc) is 2.50. The Kier molecular flexibility index (Phi) is 11.9. The van der Waals surface area contributed by atoms with Gasteiger partial charge in [0.2, 0.25) is 5.91 Å². The van der Waals surface area contributed by atoms with Crippen molar-refractivity contribution in [3.63, 3.8) is 0 Å². The molecule has 1 amide bonds. The molecule has 0 radical (unpaired) electrons. The zero-order chi connectivity index (χ0) is 18.6. The Bertz CT molecular complexity index is 415. The number of aliphatic carboxylic acids is 1. The highest BCUT2D eigenvalue weighted by Crippen LogP contribution is 2.18. The second-order valence-corrected chi connectivity index (χ2v) is 6.06. The molecule has 0 saturated heterocycles. The normalized spacial score (nSPS) is 11.6. The minimum Gasteiger partial charge on any atom is -0.481 e. The van der Waals surface area contributed by atoms with Gasteiger partial charge in [-0.15, -0.1) is 0 Å². The first-order chi connectivity index (χ1) is 10.5. The lowest BCUT2D eigenvalue weighted by Crippen LogP contribution is -2.32. The van der Waals surface area contributed by atoms with Crippen LogP contribution in [-0.4, -0.2) is 36.1 Å². The minimum atomic E-state index is -0.722. The molecule has 0 spiro atoms. The Balaban J connectivity index is 0. The fourth-order valence-electron chi connectivity index (χ4n) is 0.952. The quantitative estimate of drug-likeness (QED) is 0.406. The fraction of sp³-hybridized carbons (Fsp3) is 0.706. The first-order valence-corrected chi connectivity index (χ1v) is 7.83. The van der Waals surface area contributed by atoms with Gasteiger partial charge in [0.25, 0.3) is 0 Å². The van der Waals surface area contributed by atoms with E-state index in [2.05, 4.69) is 11.9 Å². The Morgan fingerprint density at radius 1 is 1.26 bits per heavy atom. The molecule has 1 atom stereocenters. The van der Waals surface area contributed by atoms with Crippen molar-refractivity contribution in [2.24, 2.45) is 11.3 Å². The summed E-state index contributed by atoms with van der Waals surface area (Å²) >= 11 is 0. The number of amides is 1. The Labute approximate surface area is 139 Å². The molecule has 0 aromatic heterocycles. The summed E-state index contributed by atoms with van der Waals surface area (Å²) < 4.78 is 4.81. The van der Waals surface area contributed by atoms with Crippen LogP contribution in [0.25, 0.3) is 0 Å². The second-order valence-electron chi connectivity index (χ2n) is 6.06. The Morgan fingerprint density at radius 3 is 2.09 bits per heavy atom. The smallest absolute Gasteiger partial charge is 0.333 e. The molecule has 134 valence electrons. The third-order valence-corrected chi connectivity index (χ3v) is 3.51. The van der Waals surface area contributed by atoms with E-state index in [4.69, 9.17) is 9.84 Å². The van der Waals surface area contributed by atoms with Gasteiger partial charge < -0.3 is 15.2 Å². The zero-order valence-electron chi connectivity index (χ0n) is 15.2. The number of carboxylic acids is 1. The van der Waals surface area contributed by atoms with E-state index in [0.717, 1.165) is 6.42 Å². The molecule has 1 unspecified atom stereocenters. The first kappa shape index (κ1) is 23.4. The van der Waals surface area contributed by atoms with Gasteiger partial charge in [-0.3, -0.25) is 9.59 Å². The lowest BCUT2D eigenvalue weighted by Gasteiger charge is -2.14. The van der Waals surface area contributed by atoms with Crippen LogP contribution in [0.3, 0.4) is 0 Å². The van der Waals surface area contributed by atoms with Crippen LogP contribution >= 0.6 is 0 Å². The van der Waals surface area contributed by atoms with E-state index in [9.17, 15) is 14.4 Å². The third kappa shape index (κ3) is 11.4. The number of hydrogen-bond donors (Lipinski definition) is 2. The van der Waals surface area contributed by atoms with Crippen molar-refractivity contribution in [1.82, 2.24) is 5.32 Å². The number of ether oxygens (including phenoxy) is 1. The summed E-state index contributed by atoms with van der Waals surface area (Å²) in [5.74, 6) is -1.15. The Hall–Kier alpha value is -1.85. The zero-order valence-corrected chi connectivity index (χ0v) is 15.2. The van der Waals surface area contributed by atoms with Crippen molar-refractivity contribution in [2.75, 3.05) is 13.2 Å². The van der Waals surface area contributed by atoms with E-state index in [1.54, 1.807) is 20.8 Å². The van der Waals surface area contributed by atoms with Crippen LogP contribution in [-0.2, 0) is 19.1 Å². The van der Waals surface area contributed by atoms with Crippen molar-refractivity contribution in [3.8, 4) is 0 Å². The number of esters is 1. The standard InChI is InChI=1S/C11H19NO3.C6H12O2/c1-5-9(4)10(13)12-6-7-15-11(14)8(2)3;1-4-6(2,3)5(7)8/h9H,2,5-7H2,1,3-4H3,(H,12,13);4H2,1-3H3,(H,7,8). The van der Waals surface area contributed by atoms with Gasteiger partial charge >= 0.3 is 11.9 Å². The van der Waals surface area contributed by atoms with E-state index in [-0.39, 0.29) is 18.4 Å². The molecule has 0 heterocycles. The predicted molar refractivity (Wildman–Crippen MR) is 89.9 cm³/mol. The highest BCUT2D eigenvalue weighted by molar-refractivity contribution is 5.87. The minimum absolute atomic E-state index is 0.00171. The van der Waals surface area contributed by atoms with E-state index in [1.807, 2.05) is 20.8 Å². The van der Waals surface area contributed by atoms with Gasteiger partial charge in [-0.05, 0) is 33.6 Å². The monoisotopic (exact) mass is 329 g/mol. The van der Waals surface area contributed by atoms with Crippen LogP contribution in [0.15, 0.2) is 12.2 Å². The van der Waals surface area contributed by atoms with E-state index in [0.29, 0.717) is 18.5 Å². The summed E-state index contributed by atoms with van der Waals surface area (Å²) in [6, 6.07) is 0. The molecule has 0 aromatic rings. The molecule has 0 aliphatic rings. The maximum atomic E-state index is 11.3. The summed E-state index contributed by atoms with van der Waals surface area (Å²) in [7, 11) is 0. The molecule has 6 nitrogen and oxygen atoms in total. The number of rotatable bonds is 8. The molecule has 0 aliphatic heterocycles. The highest BCUT2D eigenvalue weighted by Gasteiger charge is 2.23. The van der Waals surface area contributed by atoms with Gasteiger partial charge in [0.15, 0.2) is 0 Å². The summed E-state index contributed by atoms with van der Waals surface area (Å²) in [6.07, 6.45) is 1.49. The van der Waals surface area contributed by atoms with Crippen LogP contribution in [0.2, 0.25) is 0 Å². The van der Waals surface area contributed by atoms with Gasteiger partial charge in [-0.25, -0.2) is 4.79 Å². The van der Waals surface area contributed by atoms with E-state index in [1.165, 1.54) is 0 Å². The summed E-state index contributed by atoms with van der Waals surface area (Å²) in [6.45, 7) is 14.7.